The van der Waals surface area contributed by atoms with E-state index in [1.165, 1.54) is 38.2 Å². The first kappa shape index (κ1) is 16.6. The van der Waals surface area contributed by atoms with Gasteiger partial charge in [-0.1, -0.05) is 45.1 Å². The quantitative estimate of drug-likeness (QED) is 0.402. The van der Waals surface area contributed by atoms with Crippen molar-refractivity contribution in [1.82, 2.24) is 5.43 Å². The van der Waals surface area contributed by atoms with Gasteiger partial charge < -0.3 is 0 Å². The van der Waals surface area contributed by atoms with Crippen LogP contribution in [0.15, 0.2) is 22.7 Å². The number of halogens is 2. The van der Waals surface area contributed by atoms with Gasteiger partial charge in [-0.15, -0.1) is 0 Å². The fourth-order valence-corrected chi connectivity index (χ4v) is 2.62. The first-order chi connectivity index (χ1) is 9.17. The predicted octanol–water partition coefficient (Wildman–Crippen LogP) is 4.32. The molecule has 1 aromatic rings. The molecule has 1 unspecified atom stereocenters. The second-order valence-electron chi connectivity index (χ2n) is 5.02. The van der Waals surface area contributed by atoms with Crippen LogP contribution in [-0.4, -0.2) is 6.04 Å². The fraction of sp³-hybridized carbons (Fsp3) is 0.600. The summed E-state index contributed by atoms with van der Waals surface area (Å²) in [5.41, 5.74) is 3.97. The molecule has 0 amide bonds. The van der Waals surface area contributed by atoms with E-state index in [2.05, 4.69) is 28.3 Å². The standard InChI is InChI=1S/C15H24BrFN2/c1-2-3-4-5-6-7-13(19-18)10-12-8-9-15(17)14(16)11-12/h8-9,11,13,19H,2-7,10,18H2,1H3. The molecule has 0 radical (unpaired) electrons. The molecule has 0 heterocycles. The first-order valence-corrected chi connectivity index (χ1v) is 7.86. The van der Waals surface area contributed by atoms with Crippen molar-refractivity contribution >= 4 is 15.9 Å². The van der Waals surface area contributed by atoms with E-state index in [4.69, 9.17) is 5.84 Å². The van der Waals surface area contributed by atoms with E-state index in [1.54, 1.807) is 0 Å². The average Bonchev–Trinajstić information content (AvgIpc) is 2.41. The molecule has 19 heavy (non-hydrogen) atoms. The van der Waals surface area contributed by atoms with Crippen LogP contribution < -0.4 is 11.3 Å². The molecule has 0 saturated heterocycles. The summed E-state index contributed by atoms with van der Waals surface area (Å²) in [5.74, 6) is 5.37. The van der Waals surface area contributed by atoms with E-state index < -0.39 is 0 Å². The van der Waals surface area contributed by atoms with Crippen LogP contribution in [0.4, 0.5) is 4.39 Å². The van der Waals surface area contributed by atoms with Gasteiger partial charge in [-0.25, -0.2) is 4.39 Å². The summed E-state index contributed by atoms with van der Waals surface area (Å²) in [7, 11) is 0. The summed E-state index contributed by atoms with van der Waals surface area (Å²) in [5, 5.41) is 0. The monoisotopic (exact) mass is 330 g/mol. The summed E-state index contributed by atoms with van der Waals surface area (Å²) in [6, 6.07) is 5.41. The zero-order valence-corrected chi connectivity index (χ0v) is 13.2. The summed E-state index contributed by atoms with van der Waals surface area (Å²) in [6.45, 7) is 2.22. The van der Waals surface area contributed by atoms with Crippen LogP contribution in [-0.2, 0) is 6.42 Å². The van der Waals surface area contributed by atoms with Crippen LogP contribution in [0.1, 0.15) is 51.0 Å². The van der Waals surface area contributed by atoms with Gasteiger partial charge in [-0.3, -0.25) is 11.3 Å². The van der Waals surface area contributed by atoms with E-state index in [0.717, 1.165) is 18.4 Å². The van der Waals surface area contributed by atoms with E-state index in [0.29, 0.717) is 4.47 Å². The molecular weight excluding hydrogens is 307 g/mol. The molecule has 108 valence electrons. The number of hydrazine groups is 1. The SMILES string of the molecule is CCCCCCCC(Cc1ccc(F)c(Br)c1)NN. The smallest absolute Gasteiger partial charge is 0.137 e. The number of nitrogens with one attached hydrogen (secondary N) is 1. The number of nitrogens with two attached hydrogens (primary N) is 1. The third-order valence-electron chi connectivity index (χ3n) is 3.36. The number of unbranched alkanes of at least 4 members (excludes halogenated alkanes) is 4. The van der Waals surface area contributed by atoms with Gasteiger partial charge in [0.05, 0.1) is 4.47 Å². The molecule has 0 saturated carbocycles. The number of rotatable bonds is 9. The molecule has 0 fully saturated rings. The topological polar surface area (TPSA) is 38.0 Å². The van der Waals surface area contributed by atoms with Crippen LogP contribution in [0.5, 0.6) is 0 Å². The highest BCUT2D eigenvalue weighted by Crippen LogP contribution is 2.19. The van der Waals surface area contributed by atoms with Crippen LogP contribution >= 0.6 is 15.9 Å². The van der Waals surface area contributed by atoms with Crippen molar-refractivity contribution in [2.45, 2.75) is 57.9 Å². The number of hydrogen-bond acceptors (Lipinski definition) is 2. The molecule has 4 heteroatoms. The zero-order chi connectivity index (χ0) is 14.1. The van der Waals surface area contributed by atoms with Crippen molar-refractivity contribution in [1.29, 1.82) is 0 Å². The molecule has 0 spiro atoms. The van der Waals surface area contributed by atoms with Crippen molar-refractivity contribution in [2.24, 2.45) is 5.84 Å². The van der Waals surface area contributed by atoms with Gasteiger partial charge in [0.2, 0.25) is 0 Å². The largest absolute Gasteiger partial charge is 0.271 e. The molecule has 1 rings (SSSR count). The fourth-order valence-electron chi connectivity index (χ4n) is 2.19. The van der Waals surface area contributed by atoms with Crippen molar-refractivity contribution < 1.29 is 4.39 Å². The van der Waals surface area contributed by atoms with E-state index in [-0.39, 0.29) is 11.9 Å². The highest BCUT2D eigenvalue weighted by molar-refractivity contribution is 9.10. The Balaban J connectivity index is 2.36. The van der Waals surface area contributed by atoms with Gasteiger partial charge in [-0.05, 0) is 46.5 Å². The van der Waals surface area contributed by atoms with Crippen LogP contribution in [0.2, 0.25) is 0 Å². The van der Waals surface area contributed by atoms with Gasteiger partial charge in [0.25, 0.3) is 0 Å². The number of hydrogen-bond donors (Lipinski definition) is 2. The second-order valence-corrected chi connectivity index (χ2v) is 5.87. The van der Waals surface area contributed by atoms with Crippen LogP contribution in [0, 0.1) is 5.82 Å². The van der Waals surface area contributed by atoms with Crippen LogP contribution in [0.3, 0.4) is 0 Å². The van der Waals surface area contributed by atoms with Crippen LogP contribution in [0.25, 0.3) is 0 Å². The Labute approximate surface area is 124 Å². The molecule has 2 nitrogen and oxygen atoms in total. The maximum Gasteiger partial charge on any atom is 0.137 e. The average molecular weight is 331 g/mol. The van der Waals surface area contributed by atoms with Crippen molar-refractivity contribution in [3.05, 3.63) is 34.1 Å². The highest BCUT2D eigenvalue weighted by Gasteiger charge is 2.09. The van der Waals surface area contributed by atoms with Crippen molar-refractivity contribution in [2.75, 3.05) is 0 Å². The predicted molar refractivity (Wildman–Crippen MR) is 82.3 cm³/mol. The summed E-state index contributed by atoms with van der Waals surface area (Å²) in [4.78, 5) is 0. The van der Waals surface area contributed by atoms with Crippen molar-refractivity contribution in [3.8, 4) is 0 Å². The Hall–Kier alpha value is -0.450. The maximum absolute atomic E-state index is 13.2. The lowest BCUT2D eigenvalue weighted by Crippen LogP contribution is -2.36. The summed E-state index contributed by atoms with van der Waals surface area (Å²) < 4.78 is 13.7. The lowest BCUT2D eigenvalue weighted by Gasteiger charge is -2.16. The normalized spacial score (nSPS) is 12.6. The van der Waals surface area contributed by atoms with E-state index >= 15 is 0 Å². The van der Waals surface area contributed by atoms with E-state index in [1.807, 2.05) is 12.1 Å². The molecule has 0 aliphatic carbocycles. The summed E-state index contributed by atoms with van der Waals surface area (Å²) >= 11 is 3.21. The Kier molecular flexibility index (Phi) is 8.26. The number of benzene rings is 1. The van der Waals surface area contributed by atoms with Gasteiger partial charge in [0.15, 0.2) is 0 Å². The first-order valence-electron chi connectivity index (χ1n) is 7.07. The van der Waals surface area contributed by atoms with Gasteiger partial charge >= 0.3 is 0 Å². The minimum atomic E-state index is -0.222. The molecule has 1 atom stereocenters. The minimum Gasteiger partial charge on any atom is -0.271 e. The second kappa shape index (κ2) is 9.45. The molecule has 0 bridgehead atoms. The van der Waals surface area contributed by atoms with Crippen molar-refractivity contribution in [3.63, 3.8) is 0 Å². The van der Waals surface area contributed by atoms with Gasteiger partial charge in [-0.2, -0.15) is 0 Å². The maximum atomic E-state index is 13.2. The van der Waals surface area contributed by atoms with E-state index in [9.17, 15) is 4.39 Å². The molecular formula is C15H24BrFN2. The molecule has 1 aromatic carbocycles. The lowest BCUT2D eigenvalue weighted by atomic mass is 10.0. The van der Waals surface area contributed by atoms with Gasteiger partial charge in [0, 0.05) is 6.04 Å². The zero-order valence-electron chi connectivity index (χ0n) is 11.6. The Morgan fingerprint density at radius 3 is 2.63 bits per heavy atom. The Bertz CT molecular complexity index is 371. The van der Waals surface area contributed by atoms with Gasteiger partial charge in [0.1, 0.15) is 5.82 Å². The Morgan fingerprint density at radius 1 is 1.26 bits per heavy atom. The summed E-state index contributed by atoms with van der Waals surface area (Å²) in [6.07, 6.45) is 8.23. The highest BCUT2D eigenvalue weighted by atomic mass is 79.9. The molecule has 3 N–H and O–H groups in total. The molecule has 0 aliphatic rings. The molecule has 0 aliphatic heterocycles. The third-order valence-corrected chi connectivity index (χ3v) is 3.97. The minimum absolute atomic E-state index is 0.222. The molecule has 0 aromatic heterocycles. The lowest BCUT2D eigenvalue weighted by molar-refractivity contribution is 0.460. The Morgan fingerprint density at radius 2 is 2.00 bits per heavy atom. The third kappa shape index (κ3) is 6.50.